The van der Waals surface area contributed by atoms with Gasteiger partial charge in [0.1, 0.15) is 6.04 Å². The lowest BCUT2D eigenvalue weighted by molar-refractivity contribution is -0.145. The summed E-state index contributed by atoms with van der Waals surface area (Å²) in [6.07, 6.45) is 0.603. The van der Waals surface area contributed by atoms with E-state index in [1.165, 1.54) is 7.11 Å². The average molecular weight is 269 g/mol. The molecule has 4 heteroatoms. The fraction of sp³-hybridized carbons (Fsp3) is 0.867. The number of amides is 1. The Bertz CT molecular complexity index is 358. The molecule has 1 atom stereocenters. The summed E-state index contributed by atoms with van der Waals surface area (Å²) in [5.74, 6) is -0.117. The van der Waals surface area contributed by atoms with Gasteiger partial charge in [-0.2, -0.15) is 0 Å². The molecule has 0 saturated heterocycles. The topological polar surface area (TPSA) is 55.4 Å². The number of methoxy groups -OCH3 is 1. The van der Waals surface area contributed by atoms with Gasteiger partial charge < -0.3 is 10.1 Å². The van der Waals surface area contributed by atoms with Crippen LogP contribution in [0.4, 0.5) is 0 Å². The van der Waals surface area contributed by atoms with E-state index in [2.05, 4.69) is 33.0 Å². The van der Waals surface area contributed by atoms with Crippen LogP contribution in [0.1, 0.15) is 48.0 Å². The molecule has 1 aliphatic carbocycles. The number of esters is 1. The quantitative estimate of drug-likeness (QED) is 0.780. The Morgan fingerprint density at radius 2 is 1.63 bits per heavy atom. The molecule has 1 saturated carbocycles. The zero-order valence-corrected chi connectivity index (χ0v) is 13.2. The van der Waals surface area contributed by atoms with Crippen LogP contribution >= 0.6 is 0 Å². The second-order valence-electron chi connectivity index (χ2n) is 7.09. The average Bonchev–Trinajstić information content (AvgIpc) is 2.66. The summed E-state index contributed by atoms with van der Waals surface area (Å²) in [7, 11) is 1.35. The van der Waals surface area contributed by atoms with Crippen molar-refractivity contribution in [1.82, 2.24) is 5.32 Å². The van der Waals surface area contributed by atoms with Crippen LogP contribution in [0.25, 0.3) is 0 Å². The maximum atomic E-state index is 12.3. The van der Waals surface area contributed by atoms with Crippen molar-refractivity contribution in [2.24, 2.45) is 22.7 Å². The van der Waals surface area contributed by atoms with Gasteiger partial charge in [-0.1, -0.05) is 41.5 Å². The van der Waals surface area contributed by atoms with Crippen molar-refractivity contribution in [1.29, 1.82) is 0 Å². The number of nitrogens with one attached hydrogen (secondary N) is 1. The lowest BCUT2D eigenvalue weighted by Gasteiger charge is -2.18. The Kier molecular flexibility index (Phi) is 4.33. The van der Waals surface area contributed by atoms with Crippen molar-refractivity contribution >= 4 is 11.9 Å². The molecule has 110 valence electrons. The molecule has 4 nitrogen and oxygen atoms in total. The van der Waals surface area contributed by atoms with Gasteiger partial charge in [0.2, 0.25) is 5.91 Å². The molecule has 1 fully saturated rings. The largest absolute Gasteiger partial charge is 0.467 e. The molecule has 0 aromatic heterocycles. The van der Waals surface area contributed by atoms with Crippen LogP contribution in [0.5, 0.6) is 0 Å². The van der Waals surface area contributed by atoms with E-state index in [1.807, 2.05) is 13.8 Å². The van der Waals surface area contributed by atoms with Crippen LogP contribution in [-0.4, -0.2) is 25.0 Å². The molecule has 0 aromatic carbocycles. The fourth-order valence-electron chi connectivity index (χ4n) is 2.93. The van der Waals surface area contributed by atoms with E-state index in [0.29, 0.717) is 12.3 Å². The molecule has 0 aliphatic heterocycles. The smallest absolute Gasteiger partial charge is 0.328 e. The first-order valence-corrected chi connectivity index (χ1v) is 6.94. The summed E-state index contributed by atoms with van der Waals surface area (Å²) < 4.78 is 4.76. The molecule has 1 aliphatic rings. The zero-order chi connectivity index (χ0) is 15.0. The minimum atomic E-state index is -0.537. The third-order valence-corrected chi connectivity index (χ3v) is 4.79. The van der Waals surface area contributed by atoms with E-state index >= 15 is 0 Å². The van der Waals surface area contributed by atoms with Crippen LogP contribution in [-0.2, 0) is 14.3 Å². The molecule has 0 aromatic rings. The minimum absolute atomic E-state index is 0.0183. The van der Waals surface area contributed by atoms with Gasteiger partial charge in [0.05, 0.1) is 7.11 Å². The van der Waals surface area contributed by atoms with E-state index in [1.54, 1.807) is 0 Å². The predicted octanol–water partition coefficient (Wildman–Crippen LogP) is 2.37. The Balaban J connectivity index is 2.71. The van der Waals surface area contributed by atoms with E-state index in [0.717, 1.165) is 0 Å². The van der Waals surface area contributed by atoms with Gasteiger partial charge in [0, 0.05) is 5.92 Å². The van der Waals surface area contributed by atoms with Gasteiger partial charge in [-0.3, -0.25) is 4.79 Å². The van der Waals surface area contributed by atoms with Crippen molar-refractivity contribution in [3.63, 3.8) is 0 Å². The van der Waals surface area contributed by atoms with E-state index in [-0.39, 0.29) is 28.6 Å². The number of ether oxygens (including phenoxy) is 1. The normalized spacial score (nSPS) is 21.9. The van der Waals surface area contributed by atoms with Gasteiger partial charge in [-0.25, -0.2) is 4.79 Å². The van der Waals surface area contributed by atoms with Crippen LogP contribution < -0.4 is 5.32 Å². The lowest BCUT2D eigenvalue weighted by atomic mass is 10.0. The Morgan fingerprint density at radius 3 is 1.95 bits per heavy atom. The fourth-order valence-corrected chi connectivity index (χ4v) is 2.93. The van der Waals surface area contributed by atoms with Crippen molar-refractivity contribution in [3.05, 3.63) is 0 Å². The molecule has 0 heterocycles. The van der Waals surface area contributed by atoms with E-state index < -0.39 is 6.04 Å². The Morgan fingerprint density at radius 1 is 1.16 bits per heavy atom. The first-order valence-electron chi connectivity index (χ1n) is 6.94. The second-order valence-corrected chi connectivity index (χ2v) is 7.09. The summed E-state index contributed by atoms with van der Waals surface area (Å²) in [6.45, 7) is 12.4. The number of hydrogen-bond donors (Lipinski definition) is 1. The monoisotopic (exact) mass is 269 g/mol. The van der Waals surface area contributed by atoms with Crippen molar-refractivity contribution < 1.29 is 14.3 Å². The van der Waals surface area contributed by atoms with Crippen LogP contribution in [0.15, 0.2) is 0 Å². The highest BCUT2D eigenvalue weighted by Crippen LogP contribution is 2.68. The van der Waals surface area contributed by atoms with Crippen molar-refractivity contribution in [2.75, 3.05) is 7.11 Å². The number of carbonyl (C=O) groups is 2. The predicted molar refractivity (Wildman–Crippen MR) is 74.5 cm³/mol. The molecule has 1 rings (SSSR count). The summed E-state index contributed by atoms with van der Waals surface area (Å²) in [4.78, 5) is 24.0. The molecular formula is C15H27NO3. The lowest BCUT2D eigenvalue weighted by Crippen LogP contribution is -2.43. The van der Waals surface area contributed by atoms with Crippen molar-refractivity contribution in [3.8, 4) is 0 Å². The molecular weight excluding hydrogens is 242 g/mol. The van der Waals surface area contributed by atoms with Gasteiger partial charge >= 0.3 is 5.97 Å². The van der Waals surface area contributed by atoms with E-state index in [4.69, 9.17) is 4.74 Å². The Labute approximate surface area is 116 Å². The van der Waals surface area contributed by atoms with Crippen LogP contribution in [0, 0.1) is 22.7 Å². The van der Waals surface area contributed by atoms with Gasteiger partial charge in [-0.05, 0) is 23.2 Å². The summed E-state index contributed by atoms with van der Waals surface area (Å²) in [6, 6.07) is -0.537. The summed E-state index contributed by atoms with van der Waals surface area (Å²) in [5.41, 5.74) is -0.0365. The number of hydrogen-bond acceptors (Lipinski definition) is 3. The van der Waals surface area contributed by atoms with Crippen molar-refractivity contribution in [2.45, 2.75) is 54.0 Å². The maximum Gasteiger partial charge on any atom is 0.328 e. The van der Waals surface area contributed by atoms with Gasteiger partial charge in [-0.15, -0.1) is 0 Å². The summed E-state index contributed by atoms with van der Waals surface area (Å²) in [5, 5.41) is 2.86. The van der Waals surface area contributed by atoms with E-state index in [9.17, 15) is 9.59 Å². The SMILES string of the molecule is COC(=O)C(CC(C)C)NC(=O)C1C(C)(C)C1(C)C. The third kappa shape index (κ3) is 2.93. The highest BCUT2D eigenvalue weighted by atomic mass is 16.5. The number of carbonyl (C=O) groups excluding carboxylic acids is 2. The maximum absolute atomic E-state index is 12.3. The molecule has 1 amide bonds. The van der Waals surface area contributed by atoms with Gasteiger partial charge in [0.15, 0.2) is 0 Å². The minimum Gasteiger partial charge on any atom is -0.467 e. The van der Waals surface area contributed by atoms with Gasteiger partial charge in [0.25, 0.3) is 0 Å². The second kappa shape index (κ2) is 5.14. The first-order chi connectivity index (χ1) is 8.55. The Hall–Kier alpha value is -1.06. The molecule has 0 bridgehead atoms. The van der Waals surface area contributed by atoms with Crippen LogP contribution in [0.3, 0.4) is 0 Å². The highest BCUT2D eigenvalue weighted by molar-refractivity contribution is 5.88. The highest BCUT2D eigenvalue weighted by Gasteiger charge is 2.68. The standard InChI is InChI=1S/C15H27NO3/c1-9(2)8-10(13(18)19-7)16-12(17)11-14(3,4)15(11,5)6/h9-11H,8H2,1-7H3,(H,16,17). The summed E-state index contributed by atoms with van der Waals surface area (Å²) >= 11 is 0. The van der Waals surface area contributed by atoms with Crippen LogP contribution in [0.2, 0.25) is 0 Å². The first kappa shape index (κ1) is 16.0. The molecule has 19 heavy (non-hydrogen) atoms. The molecule has 1 N–H and O–H groups in total. The molecule has 0 radical (unpaired) electrons. The molecule has 1 unspecified atom stereocenters. The number of rotatable bonds is 5. The third-order valence-electron chi connectivity index (χ3n) is 4.79. The zero-order valence-electron chi connectivity index (χ0n) is 13.2. The molecule has 0 spiro atoms.